The third-order valence-corrected chi connectivity index (χ3v) is 3.28. The minimum atomic E-state index is -0.301. The first kappa shape index (κ1) is 12.2. The molecule has 1 atom stereocenters. The normalized spacial score (nSPS) is 20.2. The number of hydrogen-bond acceptors (Lipinski definition) is 3. The van der Waals surface area contributed by atoms with Crippen LogP contribution in [-0.2, 0) is 14.3 Å². The van der Waals surface area contributed by atoms with E-state index >= 15 is 0 Å². The summed E-state index contributed by atoms with van der Waals surface area (Å²) in [5.74, 6) is 0.216. The van der Waals surface area contributed by atoms with Gasteiger partial charge in [0.1, 0.15) is 6.61 Å². The monoisotopic (exact) mass is 212 g/mol. The topological polar surface area (TPSA) is 35.5 Å². The zero-order valence-corrected chi connectivity index (χ0v) is 9.84. The van der Waals surface area contributed by atoms with E-state index in [1.807, 2.05) is 0 Å². The second kappa shape index (κ2) is 4.79. The third kappa shape index (κ3) is 2.59. The number of rotatable bonds is 5. The van der Waals surface area contributed by atoms with Crippen LogP contribution in [0, 0.1) is 11.3 Å². The summed E-state index contributed by atoms with van der Waals surface area (Å²) in [5, 5.41) is 0. The highest BCUT2D eigenvalue weighted by Gasteiger charge is 2.44. The van der Waals surface area contributed by atoms with Crippen molar-refractivity contribution in [3.05, 3.63) is 12.2 Å². The van der Waals surface area contributed by atoms with Gasteiger partial charge in [-0.15, -0.1) is 0 Å². The lowest BCUT2D eigenvalue weighted by atomic mass is 9.74. The van der Waals surface area contributed by atoms with Crippen LogP contribution in [0.4, 0.5) is 0 Å². The fraction of sp³-hybridized carbons (Fsp3) is 0.750. The van der Waals surface area contributed by atoms with Crippen LogP contribution in [0.3, 0.4) is 0 Å². The van der Waals surface area contributed by atoms with E-state index in [9.17, 15) is 4.79 Å². The molecule has 1 heterocycles. The van der Waals surface area contributed by atoms with Crippen LogP contribution in [0.25, 0.3) is 0 Å². The van der Waals surface area contributed by atoms with Crippen molar-refractivity contribution in [2.24, 2.45) is 11.3 Å². The second-order valence-electron chi connectivity index (χ2n) is 4.52. The molecule has 0 amide bonds. The molecule has 3 heteroatoms. The highest BCUT2D eigenvalue weighted by molar-refractivity contribution is 5.86. The molecule has 1 aliphatic heterocycles. The summed E-state index contributed by atoms with van der Waals surface area (Å²) >= 11 is 0. The van der Waals surface area contributed by atoms with Gasteiger partial charge in [-0.2, -0.15) is 0 Å². The summed E-state index contributed by atoms with van der Waals surface area (Å²) in [6.07, 6.45) is 1.08. The van der Waals surface area contributed by atoms with Crippen LogP contribution in [-0.4, -0.2) is 25.8 Å². The Balaban J connectivity index is 2.47. The van der Waals surface area contributed by atoms with Gasteiger partial charge in [0, 0.05) is 5.57 Å². The molecule has 0 aromatic carbocycles. The lowest BCUT2D eigenvalue weighted by Gasteiger charge is -2.45. The van der Waals surface area contributed by atoms with Gasteiger partial charge in [-0.05, 0) is 12.8 Å². The van der Waals surface area contributed by atoms with Crippen molar-refractivity contribution < 1.29 is 14.3 Å². The molecule has 3 nitrogen and oxygen atoms in total. The first-order valence-corrected chi connectivity index (χ1v) is 5.42. The molecule has 0 N–H and O–H groups in total. The number of carbonyl (C=O) groups excluding carboxylic acids is 1. The van der Waals surface area contributed by atoms with Crippen molar-refractivity contribution in [3.63, 3.8) is 0 Å². The average molecular weight is 212 g/mol. The molecule has 1 saturated heterocycles. The van der Waals surface area contributed by atoms with Crippen LogP contribution in [0.1, 0.15) is 27.2 Å². The maximum atomic E-state index is 11.3. The summed E-state index contributed by atoms with van der Waals surface area (Å²) in [5.41, 5.74) is 0.495. The van der Waals surface area contributed by atoms with Gasteiger partial charge in [0.15, 0.2) is 0 Å². The van der Waals surface area contributed by atoms with E-state index in [0.29, 0.717) is 31.3 Å². The van der Waals surface area contributed by atoms with E-state index in [0.717, 1.165) is 6.42 Å². The average Bonchev–Trinajstić information content (AvgIpc) is 2.15. The molecule has 0 aliphatic carbocycles. The van der Waals surface area contributed by atoms with Gasteiger partial charge in [-0.3, -0.25) is 0 Å². The number of ether oxygens (including phenoxy) is 2. The zero-order chi connectivity index (χ0) is 11.5. The van der Waals surface area contributed by atoms with Gasteiger partial charge in [-0.25, -0.2) is 4.79 Å². The molecular formula is C12H20O3. The maximum Gasteiger partial charge on any atom is 0.333 e. The van der Waals surface area contributed by atoms with Gasteiger partial charge in [0.2, 0.25) is 0 Å². The molecule has 0 bridgehead atoms. The fourth-order valence-corrected chi connectivity index (χ4v) is 1.64. The molecule has 0 saturated carbocycles. The smallest absolute Gasteiger partial charge is 0.333 e. The zero-order valence-electron chi connectivity index (χ0n) is 9.84. The minimum absolute atomic E-state index is 0.0415. The van der Waals surface area contributed by atoms with Gasteiger partial charge in [0.05, 0.1) is 18.6 Å². The molecule has 0 radical (unpaired) electrons. The predicted octanol–water partition coefficient (Wildman–Crippen LogP) is 2.17. The quantitative estimate of drug-likeness (QED) is 0.517. The van der Waals surface area contributed by atoms with Gasteiger partial charge < -0.3 is 9.47 Å². The van der Waals surface area contributed by atoms with Gasteiger partial charge >= 0.3 is 5.97 Å². The summed E-state index contributed by atoms with van der Waals surface area (Å²) in [4.78, 5) is 11.3. The van der Waals surface area contributed by atoms with E-state index in [2.05, 4.69) is 20.4 Å². The Labute approximate surface area is 91.4 Å². The third-order valence-electron chi connectivity index (χ3n) is 3.28. The SMILES string of the molecule is C=C(C)C(=O)OCC1(C(C)CC)COC1. The van der Waals surface area contributed by atoms with E-state index in [1.54, 1.807) is 6.92 Å². The molecule has 15 heavy (non-hydrogen) atoms. The Morgan fingerprint density at radius 1 is 1.60 bits per heavy atom. The molecule has 0 aromatic rings. The van der Waals surface area contributed by atoms with Crippen LogP contribution in [0.2, 0.25) is 0 Å². The van der Waals surface area contributed by atoms with E-state index in [4.69, 9.17) is 9.47 Å². The van der Waals surface area contributed by atoms with Crippen LogP contribution in [0.15, 0.2) is 12.2 Å². The van der Waals surface area contributed by atoms with Gasteiger partial charge in [0.25, 0.3) is 0 Å². The fourth-order valence-electron chi connectivity index (χ4n) is 1.64. The second-order valence-corrected chi connectivity index (χ2v) is 4.52. The van der Waals surface area contributed by atoms with Crippen molar-refractivity contribution in [2.45, 2.75) is 27.2 Å². The van der Waals surface area contributed by atoms with Crippen molar-refractivity contribution in [3.8, 4) is 0 Å². The Bertz CT molecular complexity index is 254. The van der Waals surface area contributed by atoms with Crippen molar-refractivity contribution in [1.82, 2.24) is 0 Å². The van der Waals surface area contributed by atoms with Crippen LogP contribution in [0.5, 0.6) is 0 Å². The molecule has 0 spiro atoms. The predicted molar refractivity (Wildman–Crippen MR) is 58.5 cm³/mol. The van der Waals surface area contributed by atoms with Crippen molar-refractivity contribution in [1.29, 1.82) is 0 Å². The number of hydrogen-bond donors (Lipinski definition) is 0. The van der Waals surface area contributed by atoms with Gasteiger partial charge in [-0.1, -0.05) is 26.8 Å². The highest BCUT2D eigenvalue weighted by atomic mass is 16.5. The number of carbonyl (C=O) groups is 1. The summed E-state index contributed by atoms with van der Waals surface area (Å²) < 4.78 is 10.5. The van der Waals surface area contributed by atoms with Crippen LogP contribution < -0.4 is 0 Å². The van der Waals surface area contributed by atoms with Crippen molar-refractivity contribution >= 4 is 5.97 Å². The molecule has 0 aromatic heterocycles. The van der Waals surface area contributed by atoms with E-state index < -0.39 is 0 Å². The highest BCUT2D eigenvalue weighted by Crippen LogP contribution is 2.38. The first-order valence-electron chi connectivity index (χ1n) is 5.42. The molecule has 1 aliphatic rings. The molecule has 1 rings (SSSR count). The summed E-state index contributed by atoms with van der Waals surface area (Å²) in [6.45, 7) is 11.4. The van der Waals surface area contributed by atoms with E-state index in [1.165, 1.54) is 0 Å². The standard InChI is InChI=1S/C12H20O3/c1-5-10(4)12(6-14-7-12)8-15-11(13)9(2)3/h10H,2,5-8H2,1,3-4H3. The number of esters is 1. The summed E-state index contributed by atoms with van der Waals surface area (Å²) in [6, 6.07) is 0. The Kier molecular flexibility index (Phi) is 3.91. The molecule has 1 fully saturated rings. The lowest BCUT2D eigenvalue weighted by Crippen LogP contribution is -2.51. The van der Waals surface area contributed by atoms with Crippen molar-refractivity contribution in [2.75, 3.05) is 19.8 Å². The Morgan fingerprint density at radius 2 is 2.20 bits per heavy atom. The maximum absolute atomic E-state index is 11.3. The summed E-state index contributed by atoms with van der Waals surface area (Å²) in [7, 11) is 0. The van der Waals surface area contributed by atoms with E-state index in [-0.39, 0.29) is 11.4 Å². The first-order chi connectivity index (χ1) is 7.02. The lowest BCUT2D eigenvalue weighted by molar-refractivity contribution is -0.182. The Hall–Kier alpha value is -0.830. The largest absolute Gasteiger partial charge is 0.462 e. The van der Waals surface area contributed by atoms with Crippen LogP contribution >= 0.6 is 0 Å². The molecule has 86 valence electrons. The Morgan fingerprint density at radius 3 is 2.53 bits per heavy atom. The minimum Gasteiger partial charge on any atom is -0.462 e. The molecular weight excluding hydrogens is 192 g/mol. The molecule has 1 unspecified atom stereocenters.